The van der Waals surface area contributed by atoms with Gasteiger partial charge in [0.05, 0.1) is 45.2 Å². The second kappa shape index (κ2) is 20.9. The molecule has 0 atom stereocenters. The number of fused-ring (bicyclic) bond motifs is 10. The highest BCUT2D eigenvalue weighted by atomic mass is 79.9. The smallest absolute Gasteiger partial charge is 0.347 e. The fourth-order valence-corrected chi connectivity index (χ4v) is 11.4. The van der Waals surface area contributed by atoms with Gasteiger partial charge in [-0.15, -0.1) is 0 Å². The first-order valence-electron chi connectivity index (χ1n) is 24.9. The number of hydrogen-bond donors (Lipinski definition) is 1. The van der Waals surface area contributed by atoms with Crippen LogP contribution in [0.1, 0.15) is 76.2 Å². The number of hydrogen-bond acceptors (Lipinski definition) is 8. The predicted octanol–water partition coefficient (Wildman–Crippen LogP) is 17.2. The molecule has 0 spiro atoms. The van der Waals surface area contributed by atoms with Crippen LogP contribution in [0.4, 0.5) is 33.1 Å². The maximum absolute atomic E-state index is 13.0. The lowest BCUT2D eigenvalue weighted by Gasteiger charge is -2.42. The molecule has 14 rings (SSSR count). The van der Waals surface area contributed by atoms with Crippen molar-refractivity contribution in [1.82, 2.24) is 19.6 Å². The zero-order chi connectivity index (χ0) is 51.8. The Morgan fingerprint density at radius 2 is 0.846 bits per heavy atom. The summed E-state index contributed by atoms with van der Waals surface area (Å²) in [5, 5.41) is 15.5. The fraction of sp³-hybridized carbons (Fsp3) is 0.152. The number of para-hydroxylation sites is 6. The third-order valence-corrected chi connectivity index (χ3v) is 15.2. The Kier molecular flexibility index (Phi) is 14.5. The first kappa shape index (κ1) is 53.9. The van der Waals surface area contributed by atoms with Crippen LogP contribution in [0.3, 0.4) is 0 Å². The van der Waals surface area contributed by atoms with Gasteiger partial charge in [0.25, 0.3) is 0 Å². The summed E-state index contributed by atoms with van der Waals surface area (Å²) in [6, 6.07) is 65.5. The molecule has 8 aromatic carbocycles. The van der Waals surface area contributed by atoms with E-state index < -0.39 is 0 Å². The predicted molar refractivity (Wildman–Crippen MR) is 322 cm³/mol. The molecule has 392 valence electrons. The fourth-order valence-electron chi connectivity index (χ4n) is 11.1. The van der Waals surface area contributed by atoms with Crippen molar-refractivity contribution >= 4 is 88.1 Å². The van der Waals surface area contributed by atoms with Crippen molar-refractivity contribution in [2.24, 2.45) is 0 Å². The van der Waals surface area contributed by atoms with E-state index in [9.17, 15) is 9.59 Å². The molecule has 0 aliphatic carbocycles. The summed E-state index contributed by atoms with van der Waals surface area (Å²) in [4.78, 5) is 27.6. The van der Waals surface area contributed by atoms with Crippen molar-refractivity contribution in [3.05, 3.63) is 253 Å². The maximum Gasteiger partial charge on any atom is 0.347 e. The van der Waals surface area contributed by atoms with Gasteiger partial charge >= 0.3 is 11.3 Å². The molecule has 10 nitrogen and oxygen atoms in total. The molecule has 0 bridgehead atoms. The standard InChI is InChI=1S/C32H25N3O2.C17H11BrN2O2.C15H15N.2CH4.FH/c1-20-29-30(35(33-20)21-11-5-4-6-12-21)23-19-22(17-18-28(23)37-31(29)36)34-26-15-9-7-13-24(26)32(2,3)25-14-8-10-16-27(25)34;1-10-15-16(20(19-10)12-5-3-2-4-6-12)13-9-11(18)7-8-14(13)22-17(15)21;1-15(2)11-7-3-5-9-13(11)16-14-10-6-4-8-12(14)15;;;/h4-19H,1-3H3;2-9H,1H3;3-10,16H,1-2H3;2*1H4;1H. The van der Waals surface area contributed by atoms with Gasteiger partial charge in [-0.1, -0.05) is 168 Å². The van der Waals surface area contributed by atoms with E-state index in [1.807, 2.05) is 103 Å². The number of aryl methyl sites for hydroxylation is 2. The third kappa shape index (κ3) is 8.95. The maximum atomic E-state index is 13.0. The highest BCUT2D eigenvalue weighted by Crippen LogP contribution is 2.52. The van der Waals surface area contributed by atoms with Crippen LogP contribution in [0, 0.1) is 13.8 Å². The summed E-state index contributed by atoms with van der Waals surface area (Å²) in [6.45, 7) is 12.8. The topological polar surface area (TPSA) is 111 Å². The lowest BCUT2D eigenvalue weighted by atomic mass is 9.73. The molecular weight excluding hydrogens is 1040 g/mol. The average Bonchev–Trinajstić information content (AvgIpc) is 4.11. The summed E-state index contributed by atoms with van der Waals surface area (Å²) >= 11 is 3.47. The van der Waals surface area contributed by atoms with Crippen molar-refractivity contribution in [3.8, 4) is 11.4 Å². The van der Waals surface area contributed by atoms with Crippen molar-refractivity contribution < 1.29 is 13.5 Å². The number of anilines is 5. The lowest BCUT2D eigenvalue weighted by molar-refractivity contribution is 0.569. The monoisotopic (exact) mass is 1100 g/mol. The molecule has 4 aromatic heterocycles. The van der Waals surface area contributed by atoms with Crippen LogP contribution in [0.5, 0.6) is 0 Å². The highest BCUT2D eigenvalue weighted by molar-refractivity contribution is 9.10. The first-order chi connectivity index (χ1) is 36.3. The molecular formula is C66H60BrFN6O4. The lowest BCUT2D eigenvalue weighted by Crippen LogP contribution is -2.30. The van der Waals surface area contributed by atoms with Crippen LogP contribution in [0.15, 0.2) is 217 Å². The van der Waals surface area contributed by atoms with Crippen LogP contribution < -0.4 is 21.5 Å². The normalized spacial score (nSPS) is 13.1. The van der Waals surface area contributed by atoms with Gasteiger partial charge in [0.15, 0.2) is 0 Å². The van der Waals surface area contributed by atoms with Crippen LogP contribution in [0.2, 0.25) is 0 Å². The van der Waals surface area contributed by atoms with Crippen LogP contribution in [-0.2, 0) is 10.8 Å². The van der Waals surface area contributed by atoms with Gasteiger partial charge in [0.2, 0.25) is 0 Å². The van der Waals surface area contributed by atoms with E-state index in [-0.39, 0.29) is 41.6 Å². The molecule has 0 saturated carbocycles. The second-order valence-electron chi connectivity index (χ2n) is 20.0. The number of nitrogens with one attached hydrogen (secondary N) is 1. The number of rotatable bonds is 3. The Labute approximate surface area is 460 Å². The molecule has 2 aliphatic rings. The Bertz CT molecular complexity index is 4240. The van der Waals surface area contributed by atoms with Crippen LogP contribution in [-0.4, -0.2) is 19.6 Å². The summed E-state index contributed by atoms with van der Waals surface area (Å²) in [5.41, 5.74) is 16.0. The number of halogens is 2. The second-order valence-corrected chi connectivity index (χ2v) is 21.0. The minimum absolute atomic E-state index is 0. The van der Waals surface area contributed by atoms with E-state index in [2.05, 4.69) is 162 Å². The largest absolute Gasteiger partial charge is 0.422 e. The number of benzene rings is 8. The Morgan fingerprint density at radius 3 is 1.32 bits per heavy atom. The molecule has 12 aromatic rings. The van der Waals surface area contributed by atoms with Crippen LogP contribution in [0.25, 0.3) is 55.1 Å². The van der Waals surface area contributed by atoms with E-state index in [0.29, 0.717) is 33.3 Å². The zero-order valence-electron chi connectivity index (χ0n) is 42.6. The minimum Gasteiger partial charge on any atom is -0.422 e. The molecule has 0 amide bonds. The van der Waals surface area contributed by atoms with Crippen molar-refractivity contribution in [3.63, 3.8) is 0 Å². The molecule has 0 unspecified atom stereocenters. The van der Waals surface area contributed by atoms with E-state index in [1.54, 1.807) is 10.7 Å². The van der Waals surface area contributed by atoms with Gasteiger partial charge in [-0.05, 0) is 121 Å². The van der Waals surface area contributed by atoms with Gasteiger partial charge in [-0.25, -0.2) is 19.0 Å². The molecule has 78 heavy (non-hydrogen) atoms. The van der Waals surface area contributed by atoms with Gasteiger partial charge in [0, 0.05) is 43.1 Å². The quantitative estimate of drug-likeness (QED) is 0.174. The van der Waals surface area contributed by atoms with E-state index in [4.69, 9.17) is 13.9 Å². The van der Waals surface area contributed by atoms with Crippen molar-refractivity contribution in [2.75, 3.05) is 10.2 Å². The Morgan fingerprint density at radius 1 is 0.462 bits per heavy atom. The summed E-state index contributed by atoms with van der Waals surface area (Å²) < 4.78 is 15.8. The average molecular weight is 1100 g/mol. The molecule has 0 fully saturated rings. The molecule has 2 aliphatic heterocycles. The van der Waals surface area contributed by atoms with Gasteiger partial charge in [-0.3, -0.25) is 4.70 Å². The van der Waals surface area contributed by atoms with Gasteiger partial charge in [0.1, 0.15) is 21.9 Å². The summed E-state index contributed by atoms with van der Waals surface area (Å²) in [5.74, 6) is 0. The summed E-state index contributed by atoms with van der Waals surface area (Å²) in [6.07, 6.45) is 0. The molecule has 12 heteroatoms. The van der Waals surface area contributed by atoms with E-state index >= 15 is 0 Å². The minimum atomic E-state index is -0.370. The zero-order valence-corrected chi connectivity index (χ0v) is 44.2. The van der Waals surface area contributed by atoms with Crippen molar-refractivity contribution in [2.45, 2.75) is 67.2 Å². The molecule has 6 heterocycles. The molecule has 1 N–H and O–H groups in total. The molecule has 0 radical (unpaired) electrons. The SMILES string of the molecule is C.C.CC1(C)c2ccccc2Nc2ccccc21.Cc1nn(-c2ccccc2)c2c1c(=O)oc1ccc(Br)cc12.Cc1nn(-c2ccccc2)c2c1c(=O)oc1ccc(N3c4ccccc4C(C)(C)c4ccccc43)cc12.F. The van der Waals surface area contributed by atoms with Gasteiger partial charge in [-0.2, -0.15) is 10.2 Å². The van der Waals surface area contributed by atoms with Crippen molar-refractivity contribution in [1.29, 1.82) is 0 Å². The number of nitrogens with zero attached hydrogens (tertiary/aromatic N) is 5. The van der Waals surface area contributed by atoms with E-state index in [0.717, 1.165) is 54.7 Å². The van der Waals surface area contributed by atoms with E-state index in [1.165, 1.54) is 33.6 Å². The highest BCUT2D eigenvalue weighted by Gasteiger charge is 2.37. The molecule has 0 saturated heterocycles. The third-order valence-electron chi connectivity index (χ3n) is 14.7. The Hall–Kier alpha value is -8.87. The first-order valence-corrected chi connectivity index (χ1v) is 25.7. The summed E-state index contributed by atoms with van der Waals surface area (Å²) in [7, 11) is 0. The Balaban J connectivity index is 0.000000154. The number of aromatic nitrogens is 4. The van der Waals surface area contributed by atoms with Gasteiger partial charge < -0.3 is 19.1 Å². The van der Waals surface area contributed by atoms with Crippen LogP contribution >= 0.6 is 15.9 Å².